The summed E-state index contributed by atoms with van der Waals surface area (Å²) in [6, 6.07) is 8.24. The van der Waals surface area contributed by atoms with E-state index < -0.39 is 0 Å². The summed E-state index contributed by atoms with van der Waals surface area (Å²) in [5, 5.41) is 4.51. The second-order valence-corrected chi connectivity index (χ2v) is 4.60. The summed E-state index contributed by atoms with van der Waals surface area (Å²) in [7, 11) is 2.00. The lowest BCUT2D eigenvalue weighted by molar-refractivity contribution is 0.473. The van der Waals surface area contributed by atoms with Crippen molar-refractivity contribution in [2.45, 2.75) is 19.8 Å². The fourth-order valence-corrected chi connectivity index (χ4v) is 2.21. The summed E-state index contributed by atoms with van der Waals surface area (Å²) in [4.78, 5) is 0. The largest absolute Gasteiger partial charge is 0.464 e. The van der Waals surface area contributed by atoms with Gasteiger partial charge in [-0.25, -0.2) is 0 Å². The quantitative estimate of drug-likeness (QED) is 0.849. The molecule has 1 heterocycles. The second-order valence-electron chi connectivity index (χ2n) is 4.60. The summed E-state index contributed by atoms with van der Waals surface area (Å²) >= 11 is 0. The number of rotatable bonds is 4. The van der Waals surface area contributed by atoms with Crippen molar-refractivity contribution in [1.82, 2.24) is 5.32 Å². The average molecular weight is 217 g/mol. The van der Waals surface area contributed by atoms with Crippen molar-refractivity contribution < 1.29 is 4.42 Å². The smallest absolute Gasteiger partial charge is 0.134 e. The van der Waals surface area contributed by atoms with Gasteiger partial charge in [-0.3, -0.25) is 0 Å². The first-order valence-electron chi connectivity index (χ1n) is 5.84. The molecule has 1 N–H and O–H groups in total. The predicted molar refractivity (Wildman–Crippen MR) is 67.7 cm³/mol. The van der Waals surface area contributed by atoms with Gasteiger partial charge in [-0.05, 0) is 19.0 Å². The van der Waals surface area contributed by atoms with Crippen LogP contribution in [0.25, 0.3) is 11.0 Å². The van der Waals surface area contributed by atoms with Crippen LogP contribution in [0.3, 0.4) is 0 Å². The standard InChI is InChI=1S/C14H19NO/c1-10(2)12(8-15-3)13-9-16-14-7-5-4-6-11(13)14/h4-7,9-10,12,15H,8H2,1-3H3. The van der Waals surface area contributed by atoms with Crippen LogP contribution >= 0.6 is 0 Å². The molecule has 0 radical (unpaired) electrons. The summed E-state index contributed by atoms with van der Waals surface area (Å²) in [5.41, 5.74) is 2.30. The zero-order valence-corrected chi connectivity index (χ0v) is 10.2. The molecule has 0 amide bonds. The van der Waals surface area contributed by atoms with Gasteiger partial charge < -0.3 is 9.73 Å². The van der Waals surface area contributed by atoms with Gasteiger partial charge in [0.2, 0.25) is 0 Å². The Morgan fingerprint density at radius 1 is 1.25 bits per heavy atom. The molecule has 0 bridgehead atoms. The molecule has 2 nitrogen and oxygen atoms in total. The van der Waals surface area contributed by atoms with Gasteiger partial charge in [-0.2, -0.15) is 0 Å². The van der Waals surface area contributed by atoms with E-state index in [1.54, 1.807) is 0 Å². The molecule has 1 atom stereocenters. The Kier molecular flexibility index (Phi) is 3.30. The molecule has 0 saturated carbocycles. The number of furan rings is 1. The van der Waals surface area contributed by atoms with Crippen LogP contribution < -0.4 is 5.32 Å². The normalized spacial score (nSPS) is 13.5. The van der Waals surface area contributed by atoms with Crippen LogP contribution in [-0.4, -0.2) is 13.6 Å². The van der Waals surface area contributed by atoms with E-state index in [0.29, 0.717) is 11.8 Å². The molecule has 2 aromatic rings. The van der Waals surface area contributed by atoms with Gasteiger partial charge >= 0.3 is 0 Å². The van der Waals surface area contributed by atoms with Crippen molar-refractivity contribution in [2.24, 2.45) is 5.92 Å². The van der Waals surface area contributed by atoms with Crippen LogP contribution in [0.2, 0.25) is 0 Å². The van der Waals surface area contributed by atoms with Gasteiger partial charge in [0.15, 0.2) is 0 Å². The Morgan fingerprint density at radius 3 is 2.69 bits per heavy atom. The lowest BCUT2D eigenvalue weighted by Crippen LogP contribution is -2.21. The fraction of sp³-hybridized carbons (Fsp3) is 0.429. The molecule has 1 unspecified atom stereocenters. The molecule has 1 aromatic heterocycles. The van der Waals surface area contributed by atoms with Crippen molar-refractivity contribution >= 4 is 11.0 Å². The van der Waals surface area contributed by atoms with E-state index in [-0.39, 0.29) is 0 Å². The molecular weight excluding hydrogens is 198 g/mol. The highest BCUT2D eigenvalue weighted by molar-refractivity contribution is 5.81. The third kappa shape index (κ3) is 1.98. The van der Waals surface area contributed by atoms with Gasteiger partial charge in [0.1, 0.15) is 5.58 Å². The minimum absolute atomic E-state index is 0.508. The van der Waals surface area contributed by atoms with Crippen LogP contribution in [0.4, 0.5) is 0 Å². The second kappa shape index (κ2) is 4.71. The molecule has 2 heteroatoms. The van der Waals surface area contributed by atoms with E-state index in [1.807, 2.05) is 25.4 Å². The lowest BCUT2D eigenvalue weighted by atomic mass is 9.88. The average Bonchev–Trinajstić information content (AvgIpc) is 2.69. The maximum Gasteiger partial charge on any atom is 0.134 e. The van der Waals surface area contributed by atoms with Crippen LogP contribution in [0.5, 0.6) is 0 Å². The first-order chi connectivity index (χ1) is 7.74. The Labute approximate surface area is 96.6 Å². The Bertz CT molecular complexity index is 458. The summed E-state index contributed by atoms with van der Waals surface area (Å²) in [6.07, 6.45) is 1.91. The van der Waals surface area contributed by atoms with Gasteiger partial charge in [-0.15, -0.1) is 0 Å². The Morgan fingerprint density at radius 2 is 2.00 bits per heavy atom. The Hall–Kier alpha value is -1.28. The van der Waals surface area contributed by atoms with Crippen molar-refractivity contribution in [1.29, 1.82) is 0 Å². The van der Waals surface area contributed by atoms with Crippen LogP contribution in [0.15, 0.2) is 34.9 Å². The Balaban J connectivity index is 2.44. The molecule has 0 aliphatic carbocycles. The van der Waals surface area contributed by atoms with E-state index in [1.165, 1.54) is 10.9 Å². The highest BCUT2D eigenvalue weighted by Crippen LogP contribution is 2.31. The number of likely N-dealkylation sites (N-methyl/N-ethyl adjacent to an activating group) is 1. The third-order valence-corrected chi connectivity index (χ3v) is 3.14. The monoisotopic (exact) mass is 217 g/mol. The van der Waals surface area contributed by atoms with Crippen LogP contribution in [0.1, 0.15) is 25.3 Å². The molecule has 0 aliphatic heterocycles. The van der Waals surface area contributed by atoms with Crippen molar-refractivity contribution in [3.05, 3.63) is 36.1 Å². The van der Waals surface area contributed by atoms with Crippen LogP contribution in [-0.2, 0) is 0 Å². The number of nitrogens with one attached hydrogen (secondary N) is 1. The van der Waals surface area contributed by atoms with E-state index in [4.69, 9.17) is 4.42 Å². The maximum absolute atomic E-state index is 5.60. The summed E-state index contributed by atoms with van der Waals surface area (Å²) in [5.74, 6) is 1.11. The van der Waals surface area contributed by atoms with E-state index in [2.05, 4.69) is 31.3 Å². The van der Waals surface area contributed by atoms with Crippen LogP contribution in [0, 0.1) is 5.92 Å². The number of benzene rings is 1. The molecule has 0 saturated heterocycles. The lowest BCUT2D eigenvalue weighted by Gasteiger charge is -2.19. The minimum Gasteiger partial charge on any atom is -0.464 e. The van der Waals surface area contributed by atoms with E-state index >= 15 is 0 Å². The maximum atomic E-state index is 5.60. The highest BCUT2D eigenvalue weighted by Gasteiger charge is 2.19. The molecule has 2 rings (SSSR count). The number of fused-ring (bicyclic) bond motifs is 1. The van der Waals surface area contributed by atoms with Gasteiger partial charge in [0, 0.05) is 23.4 Å². The number of para-hydroxylation sites is 1. The number of hydrogen-bond donors (Lipinski definition) is 1. The number of hydrogen-bond acceptors (Lipinski definition) is 2. The molecule has 0 fully saturated rings. The van der Waals surface area contributed by atoms with Crippen molar-refractivity contribution in [3.63, 3.8) is 0 Å². The van der Waals surface area contributed by atoms with Gasteiger partial charge in [0.25, 0.3) is 0 Å². The highest BCUT2D eigenvalue weighted by atomic mass is 16.3. The van der Waals surface area contributed by atoms with Gasteiger partial charge in [-0.1, -0.05) is 32.0 Å². The molecule has 0 aliphatic rings. The first-order valence-corrected chi connectivity index (χ1v) is 5.84. The molecule has 1 aromatic carbocycles. The predicted octanol–water partition coefficient (Wildman–Crippen LogP) is 3.39. The minimum atomic E-state index is 0.508. The summed E-state index contributed by atoms with van der Waals surface area (Å²) in [6.45, 7) is 5.49. The SMILES string of the molecule is CNCC(c1coc2ccccc12)C(C)C. The van der Waals surface area contributed by atoms with Crippen molar-refractivity contribution in [2.75, 3.05) is 13.6 Å². The molecule has 86 valence electrons. The zero-order chi connectivity index (χ0) is 11.5. The fourth-order valence-electron chi connectivity index (χ4n) is 2.21. The topological polar surface area (TPSA) is 25.2 Å². The van der Waals surface area contributed by atoms with E-state index in [9.17, 15) is 0 Å². The molecule has 16 heavy (non-hydrogen) atoms. The van der Waals surface area contributed by atoms with Crippen molar-refractivity contribution in [3.8, 4) is 0 Å². The zero-order valence-electron chi connectivity index (χ0n) is 10.2. The summed E-state index contributed by atoms with van der Waals surface area (Å²) < 4.78 is 5.60. The van der Waals surface area contributed by atoms with Gasteiger partial charge in [0.05, 0.1) is 6.26 Å². The molecular formula is C14H19NO. The first kappa shape index (κ1) is 11.2. The molecule has 0 spiro atoms. The van der Waals surface area contributed by atoms with E-state index in [0.717, 1.165) is 12.1 Å². The third-order valence-electron chi connectivity index (χ3n) is 3.14.